The first-order valence-corrected chi connectivity index (χ1v) is 11.3. The number of hydrogen-bond donors (Lipinski definition) is 4. The third-order valence-electron chi connectivity index (χ3n) is 5.82. The molecule has 4 N–H and O–H groups in total. The molecular weight excluding hydrogens is 422 g/mol. The summed E-state index contributed by atoms with van der Waals surface area (Å²) in [7, 11) is 0. The van der Waals surface area contributed by atoms with Gasteiger partial charge in [-0.05, 0) is 38.9 Å². The molecule has 1 fully saturated rings. The normalized spacial score (nSPS) is 19.7. The highest BCUT2D eigenvalue weighted by Crippen LogP contribution is 2.28. The van der Waals surface area contributed by atoms with E-state index in [0.29, 0.717) is 12.1 Å². The number of aliphatic hydroxyl groups excluding tert-OH is 1. The highest BCUT2D eigenvalue weighted by molar-refractivity contribution is 6.07. The Morgan fingerprint density at radius 2 is 1.45 bits per heavy atom. The number of aliphatic carboxylic acids is 2. The molecule has 0 aliphatic carbocycles. The Morgan fingerprint density at radius 1 is 0.939 bits per heavy atom. The Balaban J connectivity index is 0.000000292. The van der Waals surface area contributed by atoms with Crippen LogP contribution in [0, 0.1) is 0 Å². The molecule has 0 amide bonds. The number of aliphatic hydroxyl groups is 1. The lowest BCUT2D eigenvalue weighted by atomic mass is 10.1. The summed E-state index contributed by atoms with van der Waals surface area (Å²) < 4.78 is 2.50. The van der Waals surface area contributed by atoms with E-state index in [0.717, 1.165) is 19.6 Å². The van der Waals surface area contributed by atoms with Crippen molar-refractivity contribution in [1.82, 2.24) is 14.8 Å². The lowest BCUT2D eigenvalue weighted by molar-refractivity contribution is -0.152. The van der Waals surface area contributed by atoms with E-state index in [4.69, 9.17) is 15.3 Å². The number of fused-ring (bicyclic) bond motifs is 3. The van der Waals surface area contributed by atoms with E-state index >= 15 is 0 Å². The second-order valence-corrected chi connectivity index (χ2v) is 8.72. The van der Waals surface area contributed by atoms with E-state index < -0.39 is 24.5 Å². The van der Waals surface area contributed by atoms with Crippen molar-refractivity contribution in [3.63, 3.8) is 0 Å². The van der Waals surface area contributed by atoms with Gasteiger partial charge in [-0.15, -0.1) is 0 Å². The first-order chi connectivity index (χ1) is 15.8. The molecular formula is C25H33N3O5. The van der Waals surface area contributed by atoms with Crippen LogP contribution in [0.2, 0.25) is 0 Å². The smallest absolute Gasteiger partial charge is 0.333 e. The second kappa shape index (κ2) is 11.3. The van der Waals surface area contributed by atoms with Gasteiger partial charge in [0.15, 0.2) is 6.10 Å². The Labute approximate surface area is 193 Å². The molecule has 0 bridgehead atoms. The number of aryl methyl sites for hydroxylation is 1. The molecule has 8 heteroatoms. The maximum atomic E-state index is 9.72. The van der Waals surface area contributed by atoms with Crippen molar-refractivity contribution in [2.24, 2.45) is 0 Å². The summed E-state index contributed by atoms with van der Waals surface area (Å²) in [6.07, 6.45) is -1.35. The third-order valence-corrected chi connectivity index (χ3v) is 5.82. The quantitative estimate of drug-likeness (QED) is 0.433. The molecule has 1 unspecified atom stereocenters. The van der Waals surface area contributed by atoms with Gasteiger partial charge in [0.2, 0.25) is 0 Å². The molecule has 1 aliphatic rings. The fourth-order valence-corrected chi connectivity index (χ4v) is 4.57. The second-order valence-electron chi connectivity index (χ2n) is 8.72. The van der Waals surface area contributed by atoms with Crippen molar-refractivity contribution in [3.8, 4) is 0 Å². The maximum absolute atomic E-state index is 9.72. The van der Waals surface area contributed by atoms with Gasteiger partial charge in [-0.25, -0.2) is 4.79 Å². The van der Waals surface area contributed by atoms with E-state index in [9.17, 15) is 9.59 Å². The molecule has 4 rings (SSSR count). The predicted molar refractivity (Wildman–Crippen MR) is 128 cm³/mol. The lowest BCUT2D eigenvalue weighted by Crippen LogP contribution is -2.54. The lowest BCUT2D eigenvalue weighted by Gasteiger charge is -2.36. The van der Waals surface area contributed by atoms with Crippen molar-refractivity contribution in [3.05, 3.63) is 48.5 Å². The molecule has 0 saturated carbocycles. The van der Waals surface area contributed by atoms with Gasteiger partial charge in [0.25, 0.3) is 0 Å². The minimum atomic E-state index is -1.79. The van der Waals surface area contributed by atoms with Gasteiger partial charge in [-0.1, -0.05) is 36.4 Å². The Kier molecular flexibility index (Phi) is 8.43. The zero-order valence-electron chi connectivity index (χ0n) is 19.1. The van der Waals surface area contributed by atoms with E-state index in [-0.39, 0.29) is 0 Å². The number of hydrogen-bond acceptors (Lipinski definition) is 5. The molecule has 2 aromatic carbocycles. The van der Waals surface area contributed by atoms with Gasteiger partial charge in [-0.2, -0.15) is 0 Å². The number of carboxylic acid groups (broad SMARTS) is 2. The van der Waals surface area contributed by atoms with E-state index in [1.807, 2.05) is 0 Å². The van der Waals surface area contributed by atoms with Crippen molar-refractivity contribution in [2.75, 3.05) is 19.6 Å². The van der Waals surface area contributed by atoms with Crippen LogP contribution >= 0.6 is 0 Å². The Morgan fingerprint density at radius 3 is 1.91 bits per heavy atom. The first kappa shape index (κ1) is 24.7. The molecule has 8 nitrogen and oxygen atoms in total. The summed E-state index contributed by atoms with van der Waals surface area (Å²) in [5.74, 6) is -2.85. The summed E-state index contributed by atoms with van der Waals surface area (Å²) in [6.45, 7) is 9.16. The van der Waals surface area contributed by atoms with Gasteiger partial charge >= 0.3 is 11.9 Å². The standard InChI is InChI=1S/C21H27N3.C4H6O5/c1-16-14-23(15-17(2)22-16)12-7-13-24-20-10-5-3-8-18(20)19-9-4-6-11-21(19)24;5-2(4(8)9)1-3(6)7/h3-6,8-11,16-17,22H,7,12-15H2,1-2H3;2,5H,1H2,(H,6,7)(H,8,9)/t16-,17+;. The number of nitrogens with one attached hydrogen (secondary N) is 1. The molecule has 178 valence electrons. The summed E-state index contributed by atoms with van der Waals surface area (Å²) in [4.78, 5) is 22.0. The fraction of sp³-hybridized carbons (Fsp3) is 0.440. The van der Waals surface area contributed by atoms with E-state index in [1.54, 1.807) is 0 Å². The van der Waals surface area contributed by atoms with Gasteiger partial charge in [0.1, 0.15) is 0 Å². The summed E-state index contributed by atoms with van der Waals surface area (Å²) in [5.41, 5.74) is 2.72. The molecule has 1 aromatic heterocycles. The van der Waals surface area contributed by atoms with Crippen LogP contribution in [-0.2, 0) is 16.1 Å². The zero-order chi connectivity index (χ0) is 24.0. The number of piperazine rings is 1. The van der Waals surface area contributed by atoms with Crippen LogP contribution in [0.15, 0.2) is 48.5 Å². The topological polar surface area (TPSA) is 115 Å². The highest BCUT2D eigenvalue weighted by Gasteiger charge is 2.20. The molecule has 3 aromatic rings. The van der Waals surface area contributed by atoms with Crippen LogP contribution in [0.1, 0.15) is 26.7 Å². The van der Waals surface area contributed by atoms with Crippen LogP contribution in [-0.4, -0.2) is 74.5 Å². The number of carbonyl (C=O) groups is 2. The highest BCUT2D eigenvalue weighted by atomic mass is 16.4. The van der Waals surface area contributed by atoms with Gasteiger partial charge in [-0.3, -0.25) is 4.79 Å². The first-order valence-electron chi connectivity index (χ1n) is 11.3. The third kappa shape index (κ3) is 6.54. The maximum Gasteiger partial charge on any atom is 0.333 e. The van der Waals surface area contributed by atoms with Crippen molar-refractivity contribution in [1.29, 1.82) is 0 Å². The average Bonchev–Trinajstić information content (AvgIpc) is 3.07. The number of rotatable bonds is 7. The molecule has 3 atom stereocenters. The number of carboxylic acids is 2. The number of nitrogens with zero attached hydrogens (tertiary/aromatic N) is 2. The minimum Gasteiger partial charge on any atom is -0.481 e. The van der Waals surface area contributed by atoms with Gasteiger partial charge in [0.05, 0.1) is 6.42 Å². The zero-order valence-corrected chi connectivity index (χ0v) is 19.1. The van der Waals surface area contributed by atoms with Crippen LogP contribution in [0.3, 0.4) is 0 Å². The van der Waals surface area contributed by atoms with E-state index in [1.165, 1.54) is 34.8 Å². The molecule has 33 heavy (non-hydrogen) atoms. The fourth-order valence-electron chi connectivity index (χ4n) is 4.57. The van der Waals surface area contributed by atoms with Gasteiger partial charge in [0, 0.05) is 53.5 Å². The average molecular weight is 456 g/mol. The van der Waals surface area contributed by atoms with Crippen molar-refractivity contribution >= 4 is 33.7 Å². The van der Waals surface area contributed by atoms with Crippen LogP contribution in [0.5, 0.6) is 0 Å². The molecule has 0 radical (unpaired) electrons. The number of para-hydroxylation sites is 2. The van der Waals surface area contributed by atoms with Crippen LogP contribution in [0.4, 0.5) is 0 Å². The number of aromatic nitrogens is 1. The predicted octanol–water partition coefficient (Wildman–Crippen LogP) is 2.77. The van der Waals surface area contributed by atoms with Crippen molar-refractivity contribution in [2.45, 2.75) is 51.4 Å². The monoisotopic (exact) mass is 455 g/mol. The van der Waals surface area contributed by atoms with Crippen LogP contribution in [0.25, 0.3) is 21.8 Å². The summed E-state index contributed by atoms with van der Waals surface area (Å²) >= 11 is 0. The van der Waals surface area contributed by atoms with Gasteiger partial charge < -0.3 is 30.1 Å². The Bertz CT molecular complexity index is 1030. The molecule has 2 heterocycles. The molecule has 1 aliphatic heterocycles. The molecule has 1 saturated heterocycles. The molecule has 0 spiro atoms. The summed E-state index contributed by atoms with van der Waals surface area (Å²) in [5, 5.41) is 30.5. The minimum absolute atomic E-state index is 0.599. The van der Waals surface area contributed by atoms with Crippen molar-refractivity contribution < 1.29 is 24.9 Å². The largest absolute Gasteiger partial charge is 0.481 e. The number of benzene rings is 2. The Hall–Kier alpha value is -2.94. The van der Waals surface area contributed by atoms with Crippen LogP contribution < -0.4 is 5.32 Å². The summed E-state index contributed by atoms with van der Waals surface area (Å²) in [6, 6.07) is 18.8. The van der Waals surface area contributed by atoms with E-state index in [2.05, 4.69) is 77.2 Å². The SMILES string of the molecule is C[C@@H]1CN(CCCn2c3ccccc3c3ccccc32)C[C@H](C)N1.O=C(O)CC(O)C(=O)O.